The molecular weight excluding hydrogens is 337 g/mol. The van der Waals surface area contributed by atoms with Crippen LogP contribution in [0.15, 0.2) is 54.9 Å². The zero-order chi connectivity index (χ0) is 18.5. The minimum atomic E-state index is -0.597. The monoisotopic (exact) mass is 353 g/mol. The first-order valence-corrected chi connectivity index (χ1v) is 7.85. The summed E-state index contributed by atoms with van der Waals surface area (Å²) >= 11 is 0. The van der Waals surface area contributed by atoms with Gasteiger partial charge in [0.25, 0.3) is 0 Å². The molecule has 0 aliphatic rings. The van der Waals surface area contributed by atoms with E-state index in [2.05, 4.69) is 20.6 Å². The summed E-state index contributed by atoms with van der Waals surface area (Å²) in [7, 11) is 0. The Balaban J connectivity index is 1.87. The van der Waals surface area contributed by atoms with E-state index in [-0.39, 0.29) is 23.0 Å². The van der Waals surface area contributed by atoms with Gasteiger partial charge in [-0.2, -0.15) is 0 Å². The Bertz CT molecular complexity index is 931. The molecule has 0 unspecified atom stereocenters. The second-order valence-electron chi connectivity index (χ2n) is 5.62. The number of benzene rings is 2. The van der Waals surface area contributed by atoms with Gasteiger partial charge >= 0.3 is 5.69 Å². The average molecular weight is 353 g/mol. The van der Waals surface area contributed by atoms with Gasteiger partial charge in [0.15, 0.2) is 0 Å². The quantitative estimate of drug-likeness (QED) is 0.510. The highest BCUT2D eigenvalue weighted by atomic mass is 19.1. The van der Waals surface area contributed by atoms with Gasteiger partial charge in [0, 0.05) is 6.54 Å². The smallest absolute Gasteiger partial charge is 0.353 e. The van der Waals surface area contributed by atoms with Crippen LogP contribution >= 0.6 is 0 Å². The Morgan fingerprint density at radius 2 is 1.77 bits per heavy atom. The van der Waals surface area contributed by atoms with Crippen molar-refractivity contribution >= 4 is 23.0 Å². The Kier molecular flexibility index (Phi) is 5.02. The fraction of sp³-hybridized carbons (Fsp3) is 0.111. The van der Waals surface area contributed by atoms with Crippen LogP contribution in [-0.2, 0) is 6.54 Å². The van der Waals surface area contributed by atoms with E-state index in [4.69, 9.17) is 0 Å². The van der Waals surface area contributed by atoms with Gasteiger partial charge in [-0.3, -0.25) is 10.1 Å². The Morgan fingerprint density at radius 3 is 2.46 bits per heavy atom. The molecule has 0 saturated carbocycles. The summed E-state index contributed by atoms with van der Waals surface area (Å²) in [6, 6.07) is 13.6. The van der Waals surface area contributed by atoms with Crippen LogP contribution in [0.4, 0.5) is 27.4 Å². The number of nitrogens with zero attached hydrogens (tertiary/aromatic N) is 3. The van der Waals surface area contributed by atoms with Crippen molar-refractivity contribution in [2.75, 3.05) is 10.6 Å². The molecule has 2 aromatic carbocycles. The highest BCUT2D eigenvalue weighted by Crippen LogP contribution is 2.32. The minimum absolute atomic E-state index is 0.0596. The van der Waals surface area contributed by atoms with E-state index in [9.17, 15) is 14.5 Å². The Hall–Kier alpha value is -3.55. The van der Waals surface area contributed by atoms with Crippen molar-refractivity contribution in [2.45, 2.75) is 13.5 Å². The van der Waals surface area contributed by atoms with E-state index in [0.717, 1.165) is 11.1 Å². The topological polar surface area (TPSA) is 93.0 Å². The summed E-state index contributed by atoms with van der Waals surface area (Å²) < 4.78 is 13.8. The van der Waals surface area contributed by atoms with E-state index in [0.29, 0.717) is 6.54 Å². The van der Waals surface area contributed by atoms with Gasteiger partial charge in [0.1, 0.15) is 12.1 Å². The van der Waals surface area contributed by atoms with Gasteiger partial charge in [-0.25, -0.2) is 14.4 Å². The second kappa shape index (κ2) is 7.56. The first kappa shape index (κ1) is 17.3. The molecule has 3 rings (SSSR count). The van der Waals surface area contributed by atoms with Crippen LogP contribution in [0.25, 0.3) is 0 Å². The van der Waals surface area contributed by atoms with E-state index in [1.54, 1.807) is 6.07 Å². The van der Waals surface area contributed by atoms with Crippen molar-refractivity contribution in [1.82, 2.24) is 9.97 Å². The molecule has 0 radical (unpaired) electrons. The number of rotatable bonds is 6. The van der Waals surface area contributed by atoms with Crippen LogP contribution in [0, 0.1) is 22.9 Å². The lowest BCUT2D eigenvalue weighted by atomic mass is 10.1. The van der Waals surface area contributed by atoms with Crippen LogP contribution in [0.3, 0.4) is 0 Å². The maximum Gasteiger partial charge on any atom is 0.353 e. The third kappa shape index (κ3) is 3.92. The molecule has 1 heterocycles. The first-order valence-electron chi connectivity index (χ1n) is 7.85. The van der Waals surface area contributed by atoms with Crippen LogP contribution in [-0.4, -0.2) is 14.9 Å². The number of nitrogens with one attached hydrogen (secondary N) is 2. The van der Waals surface area contributed by atoms with Crippen molar-refractivity contribution in [3.63, 3.8) is 0 Å². The highest BCUT2D eigenvalue weighted by molar-refractivity contribution is 5.73. The number of halogens is 1. The summed E-state index contributed by atoms with van der Waals surface area (Å²) in [5, 5.41) is 17.1. The molecule has 26 heavy (non-hydrogen) atoms. The molecule has 0 spiro atoms. The molecule has 0 aliphatic heterocycles. The fourth-order valence-corrected chi connectivity index (χ4v) is 2.35. The molecule has 8 heteroatoms. The van der Waals surface area contributed by atoms with Crippen LogP contribution in [0.5, 0.6) is 0 Å². The molecule has 0 saturated heterocycles. The van der Waals surface area contributed by atoms with Crippen LogP contribution in [0.1, 0.15) is 11.1 Å². The van der Waals surface area contributed by atoms with Crippen molar-refractivity contribution in [3.8, 4) is 0 Å². The molecular formula is C18H16FN5O2. The van der Waals surface area contributed by atoms with Crippen molar-refractivity contribution in [3.05, 3.63) is 81.9 Å². The van der Waals surface area contributed by atoms with Gasteiger partial charge in [-0.05, 0) is 24.6 Å². The van der Waals surface area contributed by atoms with E-state index in [1.165, 1.54) is 24.5 Å². The van der Waals surface area contributed by atoms with Crippen LogP contribution < -0.4 is 10.6 Å². The maximum atomic E-state index is 13.8. The zero-order valence-electron chi connectivity index (χ0n) is 13.9. The summed E-state index contributed by atoms with van der Waals surface area (Å²) in [6.45, 7) is 2.34. The lowest BCUT2D eigenvalue weighted by Crippen LogP contribution is -2.08. The maximum absolute atomic E-state index is 13.8. The lowest BCUT2D eigenvalue weighted by molar-refractivity contribution is -0.383. The number of hydrogen-bond acceptors (Lipinski definition) is 6. The largest absolute Gasteiger partial charge is 0.360 e. The molecule has 7 nitrogen and oxygen atoms in total. The first-order chi connectivity index (χ1) is 12.5. The SMILES string of the molecule is Cc1ccc(CNc2ncnc(Nc3ccccc3F)c2[N+](=O)[O-])cc1. The van der Waals surface area contributed by atoms with Crippen molar-refractivity contribution in [1.29, 1.82) is 0 Å². The normalized spacial score (nSPS) is 10.4. The number of hydrogen-bond donors (Lipinski definition) is 2. The fourth-order valence-electron chi connectivity index (χ4n) is 2.35. The van der Waals surface area contributed by atoms with Gasteiger partial charge < -0.3 is 10.6 Å². The average Bonchev–Trinajstić information content (AvgIpc) is 2.63. The summed E-state index contributed by atoms with van der Waals surface area (Å²) in [5.74, 6) is -0.555. The molecule has 1 aromatic heterocycles. The highest BCUT2D eigenvalue weighted by Gasteiger charge is 2.23. The van der Waals surface area contributed by atoms with E-state index < -0.39 is 10.7 Å². The zero-order valence-corrected chi connectivity index (χ0v) is 13.9. The molecule has 3 aromatic rings. The number of aryl methyl sites for hydroxylation is 1. The number of nitro groups is 1. The molecule has 132 valence electrons. The summed E-state index contributed by atoms with van der Waals surface area (Å²) in [4.78, 5) is 18.8. The predicted molar refractivity (Wildman–Crippen MR) is 96.9 cm³/mol. The molecule has 0 amide bonds. The lowest BCUT2D eigenvalue weighted by Gasteiger charge is -2.10. The predicted octanol–water partition coefficient (Wildman–Crippen LogP) is 4.19. The molecule has 0 fully saturated rings. The number of aromatic nitrogens is 2. The van der Waals surface area contributed by atoms with Gasteiger partial charge in [-0.1, -0.05) is 42.0 Å². The number of para-hydroxylation sites is 1. The van der Waals surface area contributed by atoms with E-state index in [1.807, 2.05) is 31.2 Å². The summed E-state index contributed by atoms with van der Waals surface area (Å²) in [5.41, 5.74) is 1.83. The Labute approximate surface area is 149 Å². The van der Waals surface area contributed by atoms with Crippen LogP contribution in [0.2, 0.25) is 0 Å². The molecule has 0 atom stereocenters. The molecule has 0 aliphatic carbocycles. The van der Waals surface area contributed by atoms with Gasteiger partial charge in [-0.15, -0.1) is 0 Å². The molecule has 2 N–H and O–H groups in total. The minimum Gasteiger partial charge on any atom is -0.360 e. The van der Waals surface area contributed by atoms with Gasteiger partial charge in [0.2, 0.25) is 11.6 Å². The third-order valence-corrected chi connectivity index (χ3v) is 3.71. The Morgan fingerprint density at radius 1 is 1.08 bits per heavy atom. The number of anilines is 3. The summed E-state index contributed by atoms with van der Waals surface area (Å²) in [6.07, 6.45) is 1.19. The third-order valence-electron chi connectivity index (χ3n) is 3.71. The van der Waals surface area contributed by atoms with Crippen molar-refractivity contribution in [2.24, 2.45) is 0 Å². The standard InChI is InChI=1S/C18H16FN5O2/c1-12-6-8-13(9-7-12)10-20-17-16(24(25)26)18(22-11-21-17)23-15-5-3-2-4-14(15)19/h2-9,11H,10H2,1H3,(H2,20,21,22,23). The molecule has 0 bridgehead atoms. The van der Waals surface area contributed by atoms with Crippen molar-refractivity contribution < 1.29 is 9.31 Å². The van der Waals surface area contributed by atoms with E-state index >= 15 is 0 Å². The second-order valence-corrected chi connectivity index (χ2v) is 5.62. The van der Waals surface area contributed by atoms with Gasteiger partial charge in [0.05, 0.1) is 10.6 Å².